The third-order valence-electron chi connectivity index (χ3n) is 4.89. The molecule has 0 fully saturated rings. The number of amides is 1. The van der Waals surface area contributed by atoms with E-state index in [1.807, 2.05) is 30.1 Å². The number of carbonyl (C=O) groups excluding carboxylic acids is 1. The summed E-state index contributed by atoms with van der Waals surface area (Å²) >= 11 is 0. The van der Waals surface area contributed by atoms with E-state index in [9.17, 15) is 9.18 Å². The fourth-order valence-corrected chi connectivity index (χ4v) is 3.43. The summed E-state index contributed by atoms with van der Waals surface area (Å²) in [5, 5.41) is 3.14. The first-order valence-electron chi connectivity index (χ1n) is 10.0. The van der Waals surface area contributed by atoms with E-state index in [0.29, 0.717) is 19.8 Å². The maximum absolute atomic E-state index is 13.0. The Morgan fingerprint density at radius 1 is 1.10 bits per heavy atom. The van der Waals surface area contributed by atoms with Crippen LogP contribution in [-0.2, 0) is 11.3 Å². The molecule has 0 aromatic heterocycles. The van der Waals surface area contributed by atoms with Crippen LogP contribution in [0.1, 0.15) is 37.4 Å². The molecular weight excluding hydrogens is 371 g/mol. The van der Waals surface area contributed by atoms with E-state index < -0.39 is 0 Å². The van der Waals surface area contributed by atoms with E-state index in [0.717, 1.165) is 29.0 Å². The fourth-order valence-electron chi connectivity index (χ4n) is 3.43. The lowest BCUT2D eigenvalue weighted by Gasteiger charge is -2.25. The maximum Gasteiger partial charge on any atom is 0.234 e. The molecule has 1 aliphatic heterocycles. The number of nitrogens with zero attached hydrogens (tertiary/aromatic N) is 1. The summed E-state index contributed by atoms with van der Waals surface area (Å²) in [6.07, 6.45) is 0.856. The topological polar surface area (TPSA) is 50.8 Å². The molecule has 6 heteroatoms. The van der Waals surface area contributed by atoms with Crippen molar-refractivity contribution in [1.82, 2.24) is 10.2 Å². The highest BCUT2D eigenvalue weighted by Crippen LogP contribution is 2.34. The lowest BCUT2D eigenvalue weighted by Crippen LogP contribution is -2.38. The molecule has 0 unspecified atom stereocenters. The largest absolute Gasteiger partial charge is 0.490 e. The predicted molar refractivity (Wildman–Crippen MR) is 111 cm³/mol. The van der Waals surface area contributed by atoms with Crippen LogP contribution in [0, 0.1) is 11.7 Å². The predicted octanol–water partition coefficient (Wildman–Crippen LogP) is 3.93. The summed E-state index contributed by atoms with van der Waals surface area (Å²) in [5.74, 6) is 1.38. The summed E-state index contributed by atoms with van der Waals surface area (Å²) in [6.45, 7) is 6.27. The van der Waals surface area contributed by atoms with Gasteiger partial charge in [0.1, 0.15) is 5.82 Å². The highest BCUT2D eigenvalue weighted by atomic mass is 19.1. The minimum Gasteiger partial charge on any atom is -0.490 e. The van der Waals surface area contributed by atoms with Gasteiger partial charge < -0.3 is 14.8 Å². The van der Waals surface area contributed by atoms with Crippen molar-refractivity contribution in [2.45, 2.75) is 32.9 Å². The van der Waals surface area contributed by atoms with Gasteiger partial charge in [-0.15, -0.1) is 0 Å². The van der Waals surface area contributed by atoms with E-state index in [1.165, 1.54) is 12.1 Å². The molecule has 0 saturated heterocycles. The van der Waals surface area contributed by atoms with Crippen molar-refractivity contribution in [3.05, 3.63) is 59.4 Å². The Bertz CT molecular complexity index is 823. The third kappa shape index (κ3) is 5.94. The van der Waals surface area contributed by atoms with Crippen LogP contribution in [-0.4, -0.2) is 37.6 Å². The van der Waals surface area contributed by atoms with Crippen LogP contribution < -0.4 is 14.8 Å². The SMILES string of the molecule is CC(C)[C@@H](NC(=O)CN(C)Cc1ccc(F)cc1)c1ccc2c(c1)OCCCO2. The van der Waals surface area contributed by atoms with E-state index in [1.54, 1.807) is 12.1 Å². The molecule has 5 nitrogen and oxygen atoms in total. The molecular formula is C23H29FN2O3. The Kier molecular flexibility index (Phi) is 7.09. The minimum absolute atomic E-state index is 0.0552. The van der Waals surface area contributed by atoms with Crippen molar-refractivity contribution in [3.63, 3.8) is 0 Å². The molecule has 156 valence electrons. The number of carbonyl (C=O) groups is 1. The highest BCUT2D eigenvalue weighted by molar-refractivity contribution is 5.78. The van der Waals surface area contributed by atoms with Crippen molar-refractivity contribution in [3.8, 4) is 11.5 Å². The van der Waals surface area contributed by atoms with Crippen LogP contribution in [0.3, 0.4) is 0 Å². The van der Waals surface area contributed by atoms with E-state index in [-0.39, 0.29) is 30.2 Å². The number of likely N-dealkylation sites (N-methyl/N-ethyl adjacent to an activating group) is 1. The summed E-state index contributed by atoms with van der Waals surface area (Å²) in [6, 6.07) is 12.1. The first-order chi connectivity index (χ1) is 13.9. The summed E-state index contributed by atoms with van der Waals surface area (Å²) in [5.41, 5.74) is 1.96. The molecule has 1 amide bonds. The Labute approximate surface area is 171 Å². The fraction of sp³-hybridized carbons (Fsp3) is 0.435. The van der Waals surface area contributed by atoms with Gasteiger partial charge in [0.2, 0.25) is 5.91 Å². The molecule has 0 bridgehead atoms. The van der Waals surface area contributed by atoms with Gasteiger partial charge >= 0.3 is 0 Å². The average molecular weight is 400 g/mol. The number of fused-ring (bicyclic) bond motifs is 1. The van der Waals surface area contributed by atoms with Crippen LogP contribution in [0.25, 0.3) is 0 Å². The van der Waals surface area contributed by atoms with Gasteiger partial charge in [0.25, 0.3) is 0 Å². The second-order valence-corrected chi connectivity index (χ2v) is 7.84. The molecule has 1 atom stereocenters. The van der Waals surface area contributed by atoms with Gasteiger partial charge in [-0.2, -0.15) is 0 Å². The molecule has 29 heavy (non-hydrogen) atoms. The molecule has 2 aromatic carbocycles. The summed E-state index contributed by atoms with van der Waals surface area (Å²) in [7, 11) is 1.88. The van der Waals surface area contributed by atoms with Crippen molar-refractivity contribution >= 4 is 5.91 Å². The third-order valence-corrected chi connectivity index (χ3v) is 4.89. The van der Waals surface area contributed by atoms with Crippen molar-refractivity contribution < 1.29 is 18.7 Å². The Balaban J connectivity index is 1.63. The van der Waals surface area contributed by atoms with Crippen LogP contribution >= 0.6 is 0 Å². The molecule has 1 N–H and O–H groups in total. The van der Waals surface area contributed by atoms with Gasteiger partial charge in [0.05, 0.1) is 25.8 Å². The van der Waals surface area contributed by atoms with Crippen molar-refractivity contribution in [1.29, 1.82) is 0 Å². The number of hydrogen-bond acceptors (Lipinski definition) is 4. The molecule has 0 radical (unpaired) electrons. The normalized spacial score (nSPS) is 14.6. The van der Waals surface area contributed by atoms with Gasteiger partial charge in [-0.3, -0.25) is 9.69 Å². The molecule has 0 spiro atoms. The summed E-state index contributed by atoms with van der Waals surface area (Å²) < 4.78 is 24.5. The standard InChI is InChI=1S/C23H29FN2O3/c1-16(2)23(18-7-10-20-21(13-18)29-12-4-11-28-20)25-22(27)15-26(3)14-17-5-8-19(24)9-6-17/h5-10,13,16,23H,4,11-12,14-15H2,1-3H3,(H,25,27)/t23-/m1/s1. The highest BCUT2D eigenvalue weighted by Gasteiger charge is 2.21. The van der Waals surface area contributed by atoms with Gasteiger partial charge in [-0.1, -0.05) is 32.0 Å². The molecule has 1 aliphatic rings. The molecule has 1 heterocycles. The van der Waals surface area contributed by atoms with E-state index >= 15 is 0 Å². The van der Waals surface area contributed by atoms with Gasteiger partial charge in [0.15, 0.2) is 11.5 Å². The number of halogens is 1. The Morgan fingerprint density at radius 2 is 1.79 bits per heavy atom. The number of ether oxygens (including phenoxy) is 2. The van der Waals surface area contributed by atoms with E-state index in [2.05, 4.69) is 19.2 Å². The van der Waals surface area contributed by atoms with Crippen LogP contribution in [0.5, 0.6) is 11.5 Å². The first-order valence-corrected chi connectivity index (χ1v) is 10.0. The van der Waals surface area contributed by atoms with Gasteiger partial charge in [0, 0.05) is 13.0 Å². The second kappa shape index (κ2) is 9.74. The Hall–Kier alpha value is -2.60. The smallest absolute Gasteiger partial charge is 0.234 e. The lowest BCUT2D eigenvalue weighted by molar-refractivity contribution is -0.123. The van der Waals surface area contributed by atoms with Crippen LogP contribution in [0.2, 0.25) is 0 Å². The molecule has 2 aromatic rings. The quantitative estimate of drug-likeness (QED) is 0.765. The molecule has 0 saturated carbocycles. The zero-order valence-electron chi connectivity index (χ0n) is 17.3. The minimum atomic E-state index is -0.260. The van der Waals surface area contributed by atoms with Crippen LogP contribution in [0.4, 0.5) is 4.39 Å². The summed E-state index contributed by atoms with van der Waals surface area (Å²) in [4.78, 5) is 14.6. The number of benzene rings is 2. The van der Waals surface area contributed by atoms with Crippen molar-refractivity contribution in [2.75, 3.05) is 26.8 Å². The zero-order chi connectivity index (χ0) is 20.8. The monoisotopic (exact) mass is 400 g/mol. The number of nitrogens with one attached hydrogen (secondary N) is 1. The van der Waals surface area contributed by atoms with Crippen molar-refractivity contribution in [2.24, 2.45) is 5.92 Å². The van der Waals surface area contributed by atoms with Gasteiger partial charge in [-0.25, -0.2) is 4.39 Å². The maximum atomic E-state index is 13.0. The van der Waals surface area contributed by atoms with Gasteiger partial charge in [-0.05, 0) is 48.4 Å². The van der Waals surface area contributed by atoms with Crippen LogP contribution in [0.15, 0.2) is 42.5 Å². The number of hydrogen-bond donors (Lipinski definition) is 1. The average Bonchev–Trinajstić information content (AvgIpc) is 2.92. The lowest BCUT2D eigenvalue weighted by atomic mass is 9.95. The zero-order valence-corrected chi connectivity index (χ0v) is 17.3. The molecule has 0 aliphatic carbocycles. The second-order valence-electron chi connectivity index (χ2n) is 7.84. The Morgan fingerprint density at radius 3 is 2.48 bits per heavy atom. The van der Waals surface area contributed by atoms with E-state index in [4.69, 9.17) is 9.47 Å². The number of rotatable bonds is 7. The first kappa shape index (κ1) is 21.1. The molecule has 3 rings (SSSR count).